The molecule has 0 aromatic heterocycles. The number of hydrogen-bond acceptors (Lipinski definition) is 1. The largest absolute Gasteiger partial charge is 0.481 e. The van der Waals surface area contributed by atoms with Gasteiger partial charge in [0, 0.05) is 12.0 Å². The number of alkyl halides is 2. The molecule has 0 atom stereocenters. The van der Waals surface area contributed by atoms with Gasteiger partial charge in [-0.05, 0) is 17.5 Å². The third kappa shape index (κ3) is 4.10. The van der Waals surface area contributed by atoms with E-state index in [1.54, 1.807) is 0 Å². The van der Waals surface area contributed by atoms with Crippen molar-refractivity contribution in [2.75, 3.05) is 0 Å². The van der Waals surface area contributed by atoms with Crippen LogP contribution in [0.3, 0.4) is 0 Å². The Morgan fingerprint density at radius 2 is 1.75 bits per heavy atom. The van der Waals surface area contributed by atoms with Gasteiger partial charge >= 0.3 is 5.97 Å². The van der Waals surface area contributed by atoms with E-state index in [0.29, 0.717) is 12.1 Å². The van der Waals surface area contributed by atoms with Gasteiger partial charge in [-0.1, -0.05) is 25.4 Å². The summed E-state index contributed by atoms with van der Waals surface area (Å²) in [6.07, 6.45) is -1.33. The summed E-state index contributed by atoms with van der Waals surface area (Å²) in [4.78, 5) is 10.6. The monoisotopic (exact) mass is 312 g/mol. The summed E-state index contributed by atoms with van der Waals surface area (Å²) in [6, 6.07) is 0.818. The van der Waals surface area contributed by atoms with Gasteiger partial charge < -0.3 is 5.11 Å². The molecule has 0 bridgehead atoms. The topological polar surface area (TPSA) is 37.3 Å². The minimum Gasteiger partial charge on any atom is -0.481 e. The molecule has 1 aromatic carbocycles. The summed E-state index contributed by atoms with van der Waals surface area (Å²) in [5.74, 6) is -7.54. The van der Waals surface area contributed by atoms with Gasteiger partial charge in [-0.15, -0.1) is 0 Å². The normalized spacial score (nSPS) is 12.6. The van der Waals surface area contributed by atoms with Crippen LogP contribution >= 0.6 is 11.6 Å². The zero-order valence-electron chi connectivity index (χ0n) is 10.8. The highest BCUT2D eigenvalue weighted by molar-refractivity contribution is 6.31. The predicted molar refractivity (Wildman–Crippen MR) is 65.9 cm³/mol. The first-order valence-electron chi connectivity index (χ1n) is 5.69. The Morgan fingerprint density at radius 3 is 2.25 bits per heavy atom. The smallest absolute Gasteiger partial charge is 0.303 e. The summed E-state index contributed by atoms with van der Waals surface area (Å²) >= 11 is 5.52. The van der Waals surface area contributed by atoms with Crippen LogP contribution in [0, 0.1) is 17.0 Å². The number of carboxylic acid groups (broad SMARTS) is 1. The molecule has 0 saturated heterocycles. The van der Waals surface area contributed by atoms with Gasteiger partial charge in [0.25, 0.3) is 5.92 Å². The van der Waals surface area contributed by atoms with Gasteiger partial charge in [0.1, 0.15) is 0 Å². The van der Waals surface area contributed by atoms with E-state index >= 15 is 0 Å². The second-order valence-corrected chi connectivity index (χ2v) is 5.77. The molecule has 0 aliphatic rings. The molecule has 112 valence electrons. The lowest BCUT2D eigenvalue weighted by Crippen LogP contribution is -2.27. The van der Waals surface area contributed by atoms with Crippen LogP contribution in [0.25, 0.3) is 0 Å². The number of hydrogen-bond donors (Lipinski definition) is 1. The van der Waals surface area contributed by atoms with E-state index in [2.05, 4.69) is 0 Å². The van der Waals surface area contributed by atoms with Crippen LogP contribution < -0.4 is 0 Å². The van der Waals surface area contributed by atoms with Gasteiger partial charge in [0.2, 0.25) is 0 Å². The highest BCUT2D eigenvalue weighted by Gasteiger charge is 2.41. The van der Waals surface area contributed by atoms with Crippen LogP contribution in [-0.2, 0) is 10.7 Å². The van der Waals surface area contributed by atoms with Crippen LogP contribution in [0.5, 0.6) is 0 Å². The molecule has 2 nitrogen and oxygen atoms in total. The number of carboxylic acids is 1. The first-order chi connectivity index (χ1) is 8.94. The minimum atomic E-state index is -3.56. The quantitative estimate of drug-likeness (QED) is 0.637. The first kappa shape index (κ1) is 16.8. The Labute approximate surface area is 118 Å². The van der Waals surface area contributed by atoms with Crippen molar-refractivity contribution in [1.82, 2.24) is 0 Å². The molecular formula is C13H13ClF4O2. The van der Waals surface area contributed by atoms with Crippen molar-refractivity contribution in [3.63, 3.8) is 0 Å². The molecule has 0 unspecified atom stereocenters. The molecule has 1 rings (SSSR count). The molecule has 0 saturated carbocycles. The van der Waals surface area contributed by atoms with Crippen molar-refractivity contribution in [3.8, 4) is 0 Å². The van der Waals surface area contributed by atoms with Gasteiger partial charge in [0.15, 0.2) is 11.6 Å². The zero-order chi connectivity index (χ0) is 15.7. The number of aliphatic carboxylic acids is 1. The summed E-state index contributed by atoms with van der Waals surface area (Å²) in [5, 5.41) is 8.07. The fourth-order valence-electron chi connectivity index (χ4n) is 1.97. The predicted octanol–water partition coefficient (Wildman–Crippen LogP) is 4.60. The van der Waals surface area contributed by atoms with Crippen LogP contribution in [0.1, 0.15) is 32.3 Å². The van der Waals surface area contributed by atoms with E-state index in [0.717, 1.165) is 0 Å². The maximum Gasteiger partial charge on any atom is 0.303 e. The van der Waals surface area contributed by atoms with Gasteiger partial charge in [-0.2, -0.15) is 0 Å². The summed E-state index contributed by atoms with van der Waals surface area (Å²) in [7, 11) is 0. The molecule has 7 heteroatoms. The lowest BCUT2D eigenvalue weighted by Gasteiger charge is -2.28. The van der Waals surface area contributed by atoms with Crippen molar-refractivity contribution >= 4 is 17.6 Å². The van der Waals surface area contributed by atoms with E-state index in [4.69, 9.17) is 16.7 Å². The van der Waals surface area contributed by atoms with E-state index in [1.165, 1.54) is 13.8 Å². The van der Waals surface area contributed by atoms with E-state index in [9.17, 15) is 22.4 Å². The average Bonchev–Trinajstić information content (AvgIpc) is 2.19. The number of carbonyl (C=O) groups is 1. The standard InChI is InChI=1S/C13H13ClF4O2/c1-12(2,5-11(19)20)6-13(17,18)7-3-9(15)10(16)4-8(7)14/h3-4H,5-6H2,1-2H3,(H,19,20). The fourth-order valence-corrected chi connectivity index (χ4v) is 2.26. The lowest BCUT2D eigenvalue weighted by atomic mass is 9.81. The van der Waals surface area contributed by atoms with E-state index < -0.39 is 52.4 Å². The molecule has 0 aliphatic carbocycles. The first-order valence-corrected chi connectivity index (χ1v) is 6.07. The Bertz CT molecular complexity index is 529. The second-order valence-electron chi connectivity index (χ2n) is 5.36. The summed E-state index contributed by atoms with van der Waals surface area (Å²) < 4.78 is 54.2. The lowest BCUT2D eigenvalue weighted by molar-refractivity contribution is -0.140. The van der Waals surface area contributed by atoms with E-state index in [-0.39, 0.29) is 0 Å². The van der Waals surface area contributed by atoms with Crippen LogP contribution in [0.15, 0.2) is 12.1 Å². The van der Waals surface area contributed by atoms with Gasteiger partial charge in [-0.3, -0.25) is 4.79 Å². The Hall–Kier alpha value is -1.30. The number of benzene rings is 1. The second kappa shape index (κ2) is 5.60. The highest BCUT2D eigenvalue weighted by atomic mass is 35.5. The average molecular weight is 313 g/mol. The zero-order valence-corrected chi connectivity index (χ0v) is 11.6. The molecule has 1 N–H and O–H groups in total. The maximum atomic E-state index is 14.1. The molecule has 0 amide bonds. The van der Waals surface area contributed by atoms with E-state index in [1.807, 2.05) is 0 Å². The van der Waals surface area contributed by atoms with Crippen molar-refractivity contribution in [2.45, 2.75) is 32.6 Å². The Morgan fingerprint density at radius 1 is 1.25 bits per heavy atom. The van der Waals surface area contributed by atoms with Crippen molar-refractivity contribution < 1.29 is 27.5 Å². The van der Waals surface area contributed by atoms with Gasteiger partial charge in [0.05, 0.1) is 11.4 Å². The summed E-state index contributed by atoms with van der Waals surface area (Å²) in [5.41, 5.74) is -2.08. The van der Waals surface area contributed by atoms with Crippen molar-refractivity contribution in [2.24, 2.45) is 5.41 Å². The van der Waals surface area contributed by atoms with Crippen LogP contribution in [0.4, 0.5) is 17.6 Å². The third-order valence-corrected chi connectivity index (χ3v) is 3.05. The molecule has 0 radical (unpaired) electrons. The summed E-state index contributed by atoms with van der Waals surface area (Å²) in [6.45, 7) is 2.70. The molecule has 0 spiro atoms. The SMILES string of the molecule is CC(C)(CC(=O)O)CC(F)(F)c1cc(F)c(F)cc1Cl. The van der Waals surface area contributed by atoms with Crippen LogP contribution in [-0.4, -0.2) is 11.1 Å². The van der Waals surface area contributed by atoms with Crippen molar-refractivity contribution in [1.29, 1.82) is 0 Å². The Balaban J connectivity index is 3.11. The van der Waals surface area contributed by atoms with Crippen molar-refractivity contribution in [3.05, 3.63) is 34.4 Å². The molecule has 0 heterocycles. The van der Waals surface area contributed by atoms with Gasteiger partial charge in [-0.25, -0.2) is 17.6 Å². The minimum absolute atomic E-state index is 0.342. The Kier molecular flexibility index (Phi) is 4.69. The third-order valence-electron chi connectivity index (χ3n) is 2.73. The fraction of sp³-hybridized carbons (Fsp3) is 0.462. The highest BCUT2D eigenvalue weighted by Crippen LogP contribution is 2.44. The molecule has 1 aromatic rings. The molecule has 0 fully saturated rings. The molecule has 20 heavy (non-hydrogen) atoms. The number of halogens is 5. The molecular weight excluding hydrogens is 300 g/mol. The number of rotatable bonds is 5. The van der Waals surface area contributed by atoms with Crippen LogP contribution in [0.2, 0.25) is 5.02 Å². The molecule has 0 aliphatic heterocycles. The maximum absolute atomic E-state index is 14.1.